The van der Waals surface area contributed by atoms with E-state index in [1.807, 2.05) is 0 Å². The molecule has 1 aliphatic heterocycles. The Hall–Kier alpha value is -1.26. The summed E-state index contributed by atoms with van der Waals surface area (Å²) >= 11 is 0. The van der Waals surface area contributed by atoms with Gasteiger partial charge in [0, 0.05) is 18.6 Å². The first-order valence-electron chi connectivity index (χ1n) is 5.20. The van der Waals surface area contributed by atoms with Crippen LogP contribution in [0.5, 0.6) is 0 Å². The number of carbonyl (C=O) groups is 2. The predicted octanol–water partition coefficient (Wildman–Crippen LogP) is 1.05. The van der Waals surface area contributed by atoms with Gasteiger partial charge in [0.05, 0.1) is 6.42 Å². The van der Waals surface area contributed by atoms with Crippen LogP contribution in [0.15, 0.2) is 0 Å². The molecule has 1 heterocycles. The third-order valence-electron chi connectivity index (χ3n) is 2.43. The third-order valence-corrected chi connectivity index (χ3v) is 2.43. The molecule has 1 aliphatic rings. The number of urea groups is 1. The highest BCUT2D eigenvalue weighted by Gasteiger charge is 2.27. The molecule has 0 spiro atoms. The molecule has 15 heavy (non-hydrogen) atoms. The second kappa shape index (κ2) is 4.51. The van der Waals surface area contributed by atoms with Gasteiger partial charge in [-0.15, -0.1) is 0 Å². The predicted molar refractivity (Wildman–Crippen MR) is 55.7 cm³/mol. The van der Waals surface area contributed by atoms with Crippen LogP contribution in [0.2, 0.25) is 0 Å². The fourth-order valence-corrected chi connectivity index (χ4v) is 1.71. The van der Waals surface area contributed by atoms with Crippen LogP contribution in [0.1, 0.15) is 33.1 Å². The van der Waals surface area contributed by atoms with Crippen molar-refractivity contribution in [2.75, 3.05) is 13.1 Å². The largest absolute Gasteiger partial charge is 0.481 e. The van der Waals surface area contributed by atoms with E-state index < -0.39 is 11.5 Å². The summed E-state index contributed by atoms with van der Waals surface area (Å²) < 4.78 is 0. The molecule has 2 amide bonds. The lowest BCUT2D eigenvalue weighted by atomic mass is 10.0. The molecular weight excluding hydrogens is 196 g/mol. The number of rotatable bonds is 3. The maximum atomic E-state index is 11.7. The first-order valence-corrected chi connectivity index (χ1v) is 5.20. The molecule has 0 aromatic rings. The zero-order chi connectivity index (χ0) is 11.5. The number of carboxylic acid groups (broad SMARTS) is 1. The minimum atomic E-state index is -0.901. The fourth-order valence-electron chi connectivity index (χ4n) is 1.71. The van der Waals surface area contributed by atoms with E-state index in [9.17, 15) is 9.59 Å². The molecule has 0 aliphatic carbocycles. The second-order valence-corrected chi connectivity index (χ2v) is 4.58. The smallest absolute Gasteiger partial charge is 0.317 e. The highest BCUT2D eigenvalue weighted by atomic mass is 16.4. The molecule has 0 aromatic carbocycles. The molecule has 0 radical (unpaired) electrons. The molecule has 5 nitrogen and oxygen atoms in total. The van der Waals surface area contributed by atoms with E-state index in [1.54, 1.807) is 18.7 Å². The van der Waals surface area contributed by atoms with Crippen molar-refractivity contribution in [2.45, 2.75) is 38.6 Å². The Labute approximate surface area is 89.4 Å². The number of carbonyl (C=O) groups excluding carboxylic acids is 1. The molecule has 1 saturated heterocycles. The molecule has 0 atom stereocenters. The van der Waals surface area contributed by atoms with Gasteiger partial charge in [-0.1, -0.05) is 0 Å². The summed E-state index contributed by atoms with van der Waals surface area (Å²) in [6.07, 6.45) is 2.01. The molecule has 5 heteroatoms. The van der Waals surface area contributed by atoms with Crippen molar-refractivity contribution in [1.82, 2.24) is 10.2 Å². The average molecular weight is 214 g/mol. The van der Waals surface area contributed by atoms with Crippen molar-refractivity contribution < 1.29 is 14.7 Å². The standard InChI is InChI=1S/C10H18N2O3/c1-10(2,7-8(13)14)11-9(15)12-5-3-4-6-12/h3-7H2,1-2H3,(H,11,15)(H,13,14). The summed E-state index contributed by atoms with van der Waals surface area (Å²) in [7, 11) is 0. The third kappa shape index (κ3) is 3.77. The van der Waals surface area contributed by atoms with Gasteiger partial charge in [0.25, 0.3) is 0 Å². The Morgan fingerprint density at radius 3 is 2.33 bits per heavy atom. The van der Waals surface area contributed by atoms with Crippen molar-refractivity contribution in [3.8, 4) is 0 Å². The fraction of sp³-hybridized carbons (Fsp3) is 0.800. The Balaban J connectivity index is 2.44. The van der Waals surface area contributed by atoms with E-state index in [0.717, 1.165) is 25.9 Å². The Kier molecular flexibility index (Phi) is 3.55. The zero-order valence-corrected chi connectivity index (χ0v) is 9.25. The summed E-state index contributed by atoms with van der Waals surface area (Å²) in [6, 6.07) is -0.154. The van der Waals surface area contributed by atoms with Crippen LogP contribution in [0.25, 0.3) is 0 Å². The first kappa shape index (κ1) is 11.8. The number of hydrogen-bond donors (Lipinski definition) is 2. The molecule has 2 N–H and O–H groups in total. The van der Waals surface area contributed by atoms with Gasteiger partial charge in [0.2, 0.25) is 0 Å². The van der Waals surface area contributed by atoms with Crippen LogP contribution in [-0.2, 0) is 4.79 Å². The number of carboxylic acids is 1. The molecule has 0 bridgehead atoms. The van der Waals surface area contributed by atoms with E-state index in [-0.39, 0.29) is 12.5 Å². The maximum absolute atomic E-state index is 11.7. The van der Waals surface area contributed by atoms with Crippen molar-refractivity contribution in [3.63, 3.8) is 0 Å². The topological polar surface area (TPSA) is 69.6 Å². The summed E-state index contributed by atoms with van der Waals surface area (Å²) in [4.78, 5) is 23.9. The molecule has 1 rings (SSSR count). The van der Waals surface area contributed by atoms with Crippen molar-refractivity contribution in [2.24, 2.45) is 0 Å². The minimum Gasteiger partial charge on any atom is -0.481 e. The Morgan fingerprint density at radius 1 is 1.33 bits per heavy atom. The van der Waals surface area contributed by atoms with E-state index in [1.165, 1.54) is 0 Å². The average Bonchev–Trinajstić information content (AvgIpc) is 2.50. The van der Waals surface area contributed by atoms with Gasteiger partial charge in [-0.3, -0.25) is 4.79 Å². The van der Waals surface area contributed by atoms with E-state index >= 15 is 0 Å². The number of amides is 2. The van der Waals surface area contributed by atoms with Gasteiger partial charge < -0.3 is 15.3 Å². The Morgan fingerprint density at radius 2 is 1.87 bits per heavy atom. The van der Waals surface area contributed by atoms with E-state index in [2.05, 4.69) is 5.32 Å². The van der Waals surface area contributed by atoms with Crippen LogP contribution in [0, 0.1) is 0 Å². The van der Waals surface area contributed by atoms with Gasteiger partial charge in [0.1, 0.15) is 0 Å². The SMILES string of the molecule is CC(C)(CC(=O)O)NC(=O)N1CCCC1. The summed E-state index contributed by atoms with van der Waals surface area (Å²) in [5.41, 5.74) is -0.689. The lowest BCUT2D eigenvalue weighted by Gasteiger charge is -2.27. The number of hydrogen-bond acceptors (Lipinski definition) is 2. The zero-order valence-electron chi connectivity index (χ0n) is 9.25. The summed E-state index contributed by atoms with van der Waals surface area (Å²) in [5, 5.41) is 11.4. The first-order chi connectivity index (χ1) is 6.91. The summed E-state index contributed by atoms with van der Waals surface area (Å²) in [5.74, 6) is -0.901. The van der Waals surface area contributed by atoms with Crippen molar-refractivity contribution >= 4 is 12.0 Å². The van der Waals surface area contributed by atoms with E-state index in [0.29, 0.717) is 0 Å². The molecular formula is C10H18N2O3. The molecule has 0 saturated carbocycles. The highest BCUT2D eigenvalue weighted by molar-refractivity contribution is 5.76. The quantitative estimate of drug-likeness (QED) is 0.737. The summed E-state index contributed by atoms with van der Waals surface area (Å²) in [6.45, 7) is 4.98. The van der Waals surface area contributed by atoms with Gasteiger partial charge >= 0.3 is 12.0 Å². The number of nitrogens with zero attached hydrogens (tertiary/aromatic N) is 1. The Bertz CT molecular complexity index is 257. The van der Waals surface area contributed by atoms with Gasteiger partial charge in [-0.2, -0.15) is 0 Å². The van der Waals surface area contributed by atoms with Crippen LogP contribution >= 0.6 is 0 Å². The van der Waals surface area contributed by atoms with Crippen LogP contribution in [0.3, 0.4) is 0 Å². The number of aliphatic carboxylic acids is 1. The molecule has 0 aromatic heterocycles. The van der Waals surface area contributed by atoms with Gasteiger partial charge in [-0.25, -0.2) is 4.79 Å². The van der Waals surface area contributed by atoms with Gasteiger partial charge in [0.15, 0.2) is 0 Å². The van der Waals surface area contributed by atoms with Crippen LogP contribution in [-0.4, -0.2) is 40.6 Å². The number of nitrogens with one attached hydrogen (secondary N) is 1. The van der Waals surface area contributed by atoms with Crippen LogP contribution < -0.4 is 5.32 Å². The highest BCUT2D eigenvalue weighted by Crippen LogP contribution is 2.12. The monoisotopic (exact) mass is 214 g/mol. The normalized spacial score (nSPS) is 16.5. The molecule has 0 unspecified atom stereocenters. The lowest BCUT2D eigenvalue weighted by Crippen LogP contribution is -2.50. The second-order valence-electron chi connectivity index (χ2n) is 4.58. The number of likely N-dealkylation sites (tertiary alicyclic amines) is 1. The molecule has 86 valence electrons. The minimum absolute atomic E-state index is 0.0629. The van der Waals surface area contributed by atoms with Crippen LogP contribution in [0.4, 0.5) is 4.79 Å². The van der Waals surface area contributed by atoms with E-state index in [4.69, 9.17) is 5.11 Å². The van der Waals surface area contributed by atoms with Gasteiger partial charge in [-0.05, 0) is 26.7 Å². The van der Waals surface area contributed by atoms with Crippen molar-refractivity contribution in [1.29, 1.82) is 0 Å². The lowest BCUT2D eigenvalue weighted by molar-refractivity contribution is -0.138. The maximum Gasteiger partial charge on any atom is 0.317 e. The molecule has 1 fully saturated rings. The van der Waals surface area contributed by atoms with Crippen molar-refractivity contribution in [3.05, 3.63) is 0 Å².